The highest BCUT2D eigenvalue weighted by Crippen LogP contribution is 2.31. The minimum absolute atomic E-state index is 0.205. The number of fused-ring (bicyclic) bond motifs is 1. The molecule has 3 aromatic rings. The number of hydrogen-bond acceptors (Lipinski definition) is 4. The number of carboxylic acids is 1. The molecule has 0 aliphatic heterocycles. The summed E-state index contributed by atoms with van der Waals surface area (Å²) >= 11 is 0. The van der Waals surface area contributed by atoms with Crippen LogP contribution in [-0.2, 0) is 11.2 Å². The lowest BCUT2D eigenvalue weighted by Crippen LogP contribution is -2.16. The highest BCUT2D eigenvalue weighted by Gasteiger charge is 2.26. The second kappa shape index (κ2) is 7.44. The van der Waals surface area contributed by atoms with Gasteiger partial charge >= 0.3 is 5.97 Å². The number of carbonyl (C=O) groups is 2. The summed E-state index contributed by atoms with van der Waals surface area (Å²) in [6, 6.07) is 14.1. The van der Waals surface area contributed by atoms with E-state index in [-0.39, 0.29) is 18.0 Å². The molecule has 5 heteroatoms. The Morgan fingerprint density at radius 1 is 1.12 bits per heavy atom. The summed E-state index contributed by atoms with van der Waals surface area (Å²) in [7, 11) is 1.56. The molecule has 1 heterocycles. The number of hydrogen-bond donors (Lipinski definition) is 1. The van der Waals surface area contributed by atoms with Crippen LogP contribution < -0.4 is 4.74 Å². The Hall–Kier alpha value is -3.08. The second-order valence-corrected chi connectivity index (χ2v) is 6.11. The Bertz CT molecular complexity index is 937. The van der Waals surface area contributed by atoms with Crippen LogP contribution in [-0.4, -0.2) is 24.0 Å². The van der Waals surface area contributed by atoms with Gasteiger partial charge in [0.25, 0.3) is 0 Å². The van der Waals surface area contributed by atoms with Crippen LogP contribution in [0.25, 0.3) is 11.0 Å². The monoisotopic (exact) mass is 352 g/mol. The molecule has 0 bridgehead atoms. The van der Waals surface area contributed by atoms with Crippen LogP contribution in [0, 0.1) is 5.92 Å². The maximum atomic E-state index is 13.0. The van der Waals surface area contributed by atoms with Gasteiger partial charge in [-0.15, -0.1) is 0 Å². The number of aliphatic carboxylic acids is 1. The maximum Gasteiger partial charge on any atom is 0.306 e. The van der Waals surface area contributed by atoms with Crippen LogP contribution in [0.5, 0.6) is 5.75 Å². The molecule has 1 atom stereocenters. The number of carbonyl (C=O) groups excluding carboxylic acids is 1. The fourth-order valence-corrected chi connectivity index (χ4v) is 3.01. The SMILES string of the molecule is CCC(Cc1c(C(=O)c2ccc(OC)cc2)oc2ccccc12)C(=O)O. The molecule has 0 fully saturated rings. The number of methoxy groups -OCH3 is 1. The molecule has 3 rings (SSSR count). The number of ketones is 1. The van der Waals surface area contributed by atoms with E-state index in [0.717, 1.165) is 5.39 Å². The van der Waals surface area contributed by atoms with Gasteiger partial charge in [0.1, 0.15) is 11.3 Å². The van der Waals surface area contributed by atoms with Gasteiger partial charge in [-0.25, -0.2) is 0 Å². The predicted molar refractivity (Wildman–Crippen MR) is 97.8 cm³/mol. The second-order valence-electron chi connectivity index (χ2n) is 6.11. The highest BCUT2D eigenvalue weighted by molar-refractivity contribution is 6.10. The first kappa shape index (κ1) is 17.7. The first-order chi connectivity index (χ1) is 12.5. The first-order valence-corrected chi connectivity index (χ1v) is 8.47. The van der Waals surface area contributed by atoms with Gasteiger partial charge in [0, 0.05) is 16.5 Å². The predicted octanol–water partition coefficient (Wildman–Crippen LogP) is 4.33. The molecule has 0 aliphatic carbocycles. The molecule has 0 spiro atoms. The van der Waals surface area contributed by atoms with Crippen molar-refractivity contribution in [1.29, 1.82) is 0 Å². The fourth-order valence-electron chi connectivity index (χ4n) is 3.01. The van der Waals surface area contributed by atoms with Crippen molar-refractivity contribution < 1.29 is 23.8 Å². The molecule has 26 heavy (non-hydrogen) atoms. The van der Waals surface area contributed by atoms with Gasteiger partial charge in [0.05, 0.1) is 13.0 Å². The van der Waals surface area contributed by atoms with Gasteiger partial charge in [-0.2, -0.15) is 0 Å². The molecule has 1 unspecified atom stereocenters. The topological polar surface area (TPSA) is 76.7 Å². The van der Waals surface area contributed by atoms with Crippen molar-refractivity contribution in [3.8, 4) is 5.75 Å². The van der Waals surface area contributed by atoms with E-state index in [4.69, 9.17) is 9.15 Å². The third-order valence-corrected chi connectivity index (χ3v) is 4.55. The van der Waals surface area contributed by atoms with Gasteiger partial charge in [0.2, 0.25) is 5.78 Å². The van der Waals surface area contributed by atoms with Crippen LogP contribution in [0.4, 0.5) is 0 Å². The molecule has 0 saturated carbocycles. The van der Waals surface area contributed by atoms with Crippen molar-refractivity contribution in [3.05, 3.63) is 65.4 Å². The molecule has 0 aliphatic rings. The summed E-state index contributed by atoms with van der Waals surface area (Å²) in [5, 5.41) is 10.2. The molecular formula is C21H20O5. The molecule has 0 saturated heterocycles. The van der Waals surface area contributed by atoms with E-state index in [9.17, 15) is 14.7 Å². The quantitative estimate of drug-likeness (QED) is 0.641. The van der Waals surface area contributed by atoms with E-state index < -0.39 is 11.9 Å². The molecule has 2 aromatic carbocycles. The van der Waals surface area contributed by atoms with Crippen LogP contribution in [0.2, 0.25) is 0 Å². The van der Waals surface area contributed by atoms with E-state index in [1.807, 2.05) is 25.1 Å². The Labute approximate surface area is 151 Å². The summed E-state index contributed by atoms with van der Waals surface area (Å²) < 4.78 is 10.9. The summed E-state index contributed by atoms with van der Waals surface area (Å²) in [6.45, 7) is 1.83. The largest absolute Gasteiger partial charge is 0.497 e. The van der Waals surface area contributed by atoms with Crippen molar-refractivity contribution >= 4 is 22.7 Å². The zero-order chi connectivity index (χ0) is 18.7. The standard InChI is InChI=1S/C21H20O5/c1-3-13(21(23)24)12-17-16-6-4-5-7-18(16)26-20(17)19(22)14-8-10-15(25-2)11-9-14/h4-11,13H,3,12H2,1-2H3,(H,23,24). The van der Waals surface area contributed by atoms with Gasteiger partial charge in [-0.1, -0.05) is 25.1 Å². The third kappa shape index (κ3) is 3.33. The van der Waals surface area contributed by atoms with E-state index in [1.54, 1.807) is 37.4 Å². The summed E-state index contributed by atoms with van der Waals surface area (Å²) in [5.41, 5.74) is 1.70. The Kier molecular flexibility index (Phi) is 5.07. The van der Waals surface area contributed by atoms with E-state index in [2.05, 4.69) is 0 Å². The van der Waals surface area contributed by atoms with Crippen LogP contribution in [0.15, 0.2) is 52.9 Å². The maximum absolute atomic E-state index is 13.0. The Balaban J connectivity index is 2.07. The average molecular weight is 352 g/mol. The molecule has 5 nitrogen and oxygen atoms in total. The number of benzene rings is 2. The Morgan fingerprint density at radius 2 is 1.81 bits per heavy atom. The molecule has 1 aromatic heterocycles. The Morgan fingerprint density at radius 3 is 2.42 bits per heavy atom. The van der Waals surface area contributed by atoms with E-state index in [1.165, 1.54) is 0 Å². The molecular weight excluding hydrogens is 332 g/mol. The van der Waals surface area contributed by atoms with Gasteiger partial charge in [-0.3, -0.25) is 9.59 Å². The van der Waals surface area contributed by atoms with E-state index >= 15 is 0 Å². The number of carboxylic acid groups (broad SMARTS) is 1. The minimum Gasteiger partial charge on any atom is -0.497 e. The molecule has 0 amide bonds. The highest BCUT2D eigenvalue weighted by atomic mass is 16.5. The normalized spacial score (nSPS) is 12.1. The van der Waals surface area contributed by atoms with Crippen molar-refractivity contribution in [1.82, 2.24) is 0 Å². The molecule has 1 N–H and O–H groups in total. The number of ether oxygens (including phenoxy) is 1. The van der Waals surface area contributed by atoms with Gasteiger partial charge in [0.15, 0.2) is 5.76 Å². The summed E-state index contributed by atoms with van der Waals surface area (Å²) in [5.74, 6) is -0.850. The van der Waals surface area contributed by atoms with Crippen molar-refractivity contribution in [2.24, 2.45) is 5.92 Å². The summed E-state index contributed by atoms with van der Waals surface area (Å²) in [6.07, 6.45) is 0.727. The molecule has 0 radical (unpaired) electrons. The smallest absolute Gasteiger partial charge is 0.306 e. The van der Waals surface area contributed by atoms with Crippen molar-refractivity contribution in [3.63, 3.8) is 0 Å². The zero-order valence-electron chi connectivity index (χ0n) is 14.7. The van der Waals surface area contributed by atoms with Gasteiger partial charge < -0.3 is 14.3 Å². The number of para-hydroxylation sites is 1. The summed E-state index contributed by atoms with van der Waals surface area (Å²) in [4.78, 5) is 24.5. The fraction of sp³-hybridized carbons (Fsp3) is 0.238. The first-order valence-electron chi connectivity index (χ1n) is 8.47. The molecule has 134 valence electrons. The van der Waals surface area contributed by atoms with Gasteiger partial charge in [-0.05, 0) is 43.2 Å². The lowest BCUT2D eigenvalue weighted by atomic mass is 9.93. The lowest BCUT2D eigenvalue weighted by Gasteiger charge is -2.10. The zero-order valence-corrected chi connectivity index (χ0v) is 14.7. The lowest BCUT2D eigenvalue weighted by molar-refractivity contribution is -0.141. The van der Waals surface area contributed by atoms with Crippen molar-refractivity contribution in [2.75, 3.05) is 7.11 Å². The minimum atomic E-state index is -0.874. The number of furan rings is 1. The van der Waals surface area contributed by atoms with Crippen LogP contribution >= 0.6 is 0 Å². The van der Waals surface area contributed by atoms with Crippen LogP contribution in [0.1, 0.15) is 35.0 Å². The average Bonchev–Trinajstić information content (AvgIpc) is 3.03. The van der Waals surface area contributed by atoms with Crippen LogP contribution in [0.3, 0.4) is 0 Å². The van der Waals surface area contributed by atoms with Crippen molar-refractivity contribution in [2.45, 2.75) is 19.8 Å². The third-order valence-electron chi connectivity index (χ3n) is 4.55. The van der Waals surface area contributed by atoms with E-state index in [0.29, 0.717) is 28.9 Å². The number of rotatable bonds is 7.